The molecule has 0 bridgehead atoms. The zero-order valence-electron chi connectivity index (χ0n) is 9.82. The summed E-state index contributed by atoms with van der Waals surface area (Å²) in [6.07, 6.45) is 4.86. The van der Waals surface area contributed by atoms with Gasteiger partial charge in [0.05, 0.1) is 7.11 Å². The minimum atomic E-state index is 0.595. The van der Waals surface area contributed by atoms with Crippen molar-refractivity contribution in [3.05, 3.63) is 12.4 Å². The minimum absolute atomic E-state index is 0.595. The summed E-state index contributed by atoms with van der Waals surface area (Å²) in [6, 6.07) is 1.83. The van der Waals surface area contributed by atoms with Gasteiger partial charge in [0.15, 0.2) is 0 Å². The quantitative estimate of drug-likeness (QED) is 0.544. The number of hydrogen-bond acceptors (Lipinski definition) is 4. The van der Waals surface area contributed by atoms with Gasteiger partial charge in [0.1, 0.15) is 12.1 Å². The first-order chi connectivity index (χ1) is 7.77. The number of hydrogen-bond donors (Lipinski definition) is 0. The molecule has 1 heterocycles. The maximum atomic E-state index is 5.62. The van der Waals surface area contributed by atoms with Crippen LogP contribution in [0.5, 0.6) is 5.88 Å². The normalized spacial score (nSPS) is 10.2. The number of halogens is 1. The fourth-order valence-corrected chi connectivity index (χ4v) is 1.57. The van der Waals surface area contributed by atoms with Crippen molar-refractivity contribution in [2.24, 2.45) is 0 Å². The molecule has 0 fully saturated rings. The Morgan fingerprint density at radius 2 is 2.12 bits per heavy atom. The van der Waals surface area contributed by atoms with E-state index in [1.807, 2.05) is 13.1 Å². The lowest BCUT2D eigenvalue weighted by atomic mass is 10.2. The van der Waals surface area contributed by atoms with Crippen molar-refractivity contribution >= 4 is 17.4 Å². The minimum Gasteiger partial charge on any atom is -0.481 e. The molecule has 90 valence electrons. The molecular weight excluding hydrogens is 226 g/mol. The van der Waals surface area contributed by atoms with Gasteiger partial charge in [-0.1, -0.05) is 6.42 Å². The number of nitrogens with zero attached hydrogens (tertiary/aromatic N) is 3. The number of anilines is 1. The molecule has 5 heteroatoms. The molecule has 1 aromatic heterocycles. The average molecular weight is 244 g/mol. The number of alkyl halides is 1. The van der Waals surface area contributed by atoms with Gasteiger partial charge < -0.3 is 9.64 Å². The molecule has 0 aliphatic rings. The standard InChI is InChI=1S/C11H18ClN3O/c1-15(7-5-3-4-6-12)10-8-11(16-2)14-9-13-10/h8-9H,3-7H2,1-2H3. The smallest absolute Gasteiger partial charge is 0.218 e. The number of aromatic nitrogens is 2. The Hall–Kier alpha value is -1.03. The van der Waals surface area contributed by atoms with E-state index < -0.39 is 0 Å². The predicted octanol–water partition coefficient (Wildman–Crippen LogP) is 2.33. The molecule has 0 saturated heterocycles. The topological polar surface area (TPSA) is 38.2 Å². The molecule has 1 aromatic rings. The van der Waals surface area contributed by atoms with E-state index >= 15 is 0 Å². The summed E-state index contributed by atoms with van der Waals surface area (Å²) in [4.78, 5) is 10.3. The summed E-state index contributed by atoms with van der Waals surface area (Å²) in [5.74, 6) is 2.22. The van der Waals surface area contributed by atoms with Crippen LogP contribution in [-0.2, 0) is 0 Å². The molecule has 0 amide bonds. The van der Waals surface area contributed by atoms with Crippen LogP contribution in [0.3, 0.4) is 0 Å². The molecular formula is C11H18ClN3O. The Morgan fingerprint density at radius 3 is 2.81 bits per heavy atom. The van der Waals surface area contributed by atoms with Gasteiger partial charge in [-0.3, -0.25) is 0 Å². The van der Waals surface area contributed by atoms with E-state index in [0.29, 0.717) is 5.88 Å². The number of rotatable bonds is 7. The highest BCUT2D eigenvalue weighted by Crippen LogP contribution is 2.14. The molecule has 0 aromatic carbocycles. The van der Waals surface area contributed by atoms with Crippen molar-refractivity contribution in [3.8, 4) is 5.88 Å². The number of ether oxygens (including phenoxy) is 1. The fourth-order valence-electron chi connectivity index (χ4n) is 1.39. The van der Waals surface area contributed by atoms with Crippen LogP contribution in [0.25, 0.3) is 0 Å². The fraction of sp³-hybridized carbons (Fsp3) is 0.636. The summed E-state index contributed by atoms with van der Waals surface area (Å²) in [5, 5.41) is 0. The van der Waals surface area contributed by atoms with Gasteiger partial charge in [-0.05, 0) is 12.8 Å². The first-order valence-electron chi connectivity index (χ1n) is 5.41. The monoisotopic (exact) mass is 243 g/mol. The van der Waals surface area contributed by atoms with E-state index in [-0.39, 0.29) is 0 Å². The molecule has 16 heavy (non-hydrogen) atoms. The van der Waals surface area contributed by atoms with Gasteiger partial charge in [0.25, 0.3) is 0 Å². The zero-order valence-corrected chi connectivity index (χ0v) is 10.6. The van der Waals surface area contributed by atoms with E-state index in [4.69, 9.17) is 16.3 Å². The summed E-state index contributed by atoms with van der Waals surface area (Å²) >= 11 is 5.62. The van der Waals surface area contributed by atoms with Gasteiger partial charge in [-0.15, -0.1) is 11.6 Å². The van der Waals surface area contributed by atoms with Gasteiger partial charge in [-0.25, -0.2) is 9.97 Å². The van der Waals surface area contributed by atoms with Gasteiger partial charge >= 0.3 is 0 Å². The Kier molecular flexibility index (Phi) is 5.93. The van der Waals surface area contributed by atoms with E-state index in [0.717, 1.165) is 37.5 Å². The largest absolute Gasteiger partial charge is 0.481 e. The van der Waals surface area contributed by atoms with Crippen LogP contribution in [0, 0.1) is 0 Å². The zero-order chi connectivity index (χ0) is 11.8. The van der Waals surface area contributed by atoms with Crippen molar-refractivity contribution in [3.63, 3.8) is 0 Å². The van der Waals surface area contributed by atoms with Gasteiger partial charge in [-0.2, -0.15) is 0 Å². The Balaban J connectivity index is 2.42. The van der Waals surface area contributed by atoms with Crippen LogP contribution in [0.1, 0.15) is 19.3 Å². The molecule has 0 aliphatic heterocycles. The molecule has 4 nitrogen and oxygen atoms in total. The van der Waals surface area contributed by atoms with Crippen LogP contribution < -0.4 is 9.64 Å². The van der Waals surface area contributed by atoms with Crippen molar-refractivity contribution in [2.45, 2.75) is 19.3 Å². The summed E-state index contributed by atoms with van der Waals surface area (Å²) < 4.78 is 5.05. The van der Waals surface area contributed by atoms with Gasteiger partial charge in [0, 0.05) is 25.5 Å². The lowest BCUT2D eigenvalue weighted by Crippen LogP contribution is -2.19. The first kappa shape index (κ1) is 13.0. The molecule has 0 aliphatic carbocycles. The van der Waals surface area contributed by atoms with Crippen LogP contribution in [0.4, 0.5) is 5.82 Å². The summed E-state index contributed by atoms with van der Waals surface area (Å²) in [6.45, 7) is 0.969. The highest BCUT2D eigenvalue weighted by atomic mass is 35.5. The number of unbranched alkanes of at least 4 members (excludes halogenated alkanes) is 2. The van der Waals surface area contributed by atoms with Crippen LogP contribution >= 0.6 is 11.6 Å². The van der Waals surface area contributed by atoms with E-state index in [1.54, 1.807) is 7.11 Å². The van der Waals surface area contributed by atoms with Crippen LogP contribution in [0.15, 0.2) is 12.4 Å². The third kappa shape index (κ3) is 4.23. The first-order valence-corrected chi connectivity index (χ1v) is 5.94. The van der Waals surface area contributed by atoms with Crippen molar-refractivity contribution in [2.75, 3.05) is 31.5 Å². The lowest BCUT2D eigenvalue weighted by molar-refractivity contribution is 0.397. The Bertz CT molecular complexity index is 309. The Morgan fingerprint density at radius 1 is 1.31 bits per heavy atom. The maximum Gasteiger partial charge on any atom is 0.218 e. The van der Waals surface area contributed by atoms with Crippen LogP contribution in [-0.4, -0.2) is 36.6 Å². The second-order valence-corrected chi connectivity index (χ2v) is 3.97. The molecule has 0 atom stereocenters. The molecule has 0 unspecified atom stereocenters. The number of methoxy groups -OCH3 is 1. The lowest BCUT2D eigenvalue weighted by Gasteiger charge is -2.17. The SMILES string of the molecule is COc1cc(N(C)CCCCCCl)ncn1. The third-order valence-corrected chi connectivity index (χ3v) is 2.62. The molecule has 0 spiro atoms. The van der Waals surface area contributed by atoms with Gasteiger partial charge in [0.2, 0.25) is 5.88 Å². The van der Waals surface area contributed by atoms with Crippen molar-refractivity contribution in [1.82, 2.24) is 9.97 Å². The molecule has 0 N–H and O–H groups in total. The van der Waals surface area contributed by atoms with E-state index in [9.17, 15) is 0 Å². The van der Waals surface area contributed by atoms with E-state index in [2.05, 4.69) is 14.9 Å². The summed E-state index contributed by atoms with van der Waals surface area (Å²) in [5.41, 5.74) is 0. The average Bonchev–Trinajstić information content (AvgIpc) is 2.34. The second-order valence-electron chi connectivity index (χ2n) is 3.59. The molecule has 0 radical (unpaired) electrons. The molecule has 0 saturated carbocycles. The summed E-state index contributed by atoms with van der Waals surface area (Å²) in [7, 11) is 3.62. The van der Waals surface area contributed by atoms with Crippen molar-refractivity contribution < 1.29 is 4.74 Å². The van der Waals surface area contributed by atoms with Crippen LogP contribution in [0.2, 0.25) is 0 Å². The Labute approximate surface area is 102 Å². The second kappa shape index (κ2) is 7.28. The highest BCUT2D eigenvalue weighted by Gasteiger charge is 2.03. The predicted molar refractivity (Wildman–Crippen MR) is 66.4 cm³/mol. The van der Waals surface area contributed by atoms with Crippen molar-refractivity contribution in [1.29, 1.82) is 0 Å². The maximum absolute atomic E-state index is 5.62. The molecule has 1 rings (SSSR count). The van der Waals surface area contributed by atoms with E-state index in [1.165, 1.54) is 6.33 Å². The third-order valence-electron chi connectivity index (χ3n) is 2.35. The highest BCUT2D eigenvalue weighted by molar-refractivity contribution is 6.17.